The number of amides is 1. The molecule has 1 aromatic heterocycles. The molecular formula is C14H13NO5S. The van der Waals surface area contributed by atoms with Crippen LogP contribution in [-0.4, -0.2) is 30.7 Å². The predicted octanol–water partition coefficient (Wildman–Crippen LogP) is 2.47. The summed E-state index contributed by atoms with van der Waals surface area (Å²) in [5.41, 5.74) is 0.582. The van der Waals surface area contributed by atoms with E-state index < -0.39 is 12.6 Å². The first-order valence-electron chi connectivity index (χ1n) is 5.97. The molecular weight excluding hydrogens is 294 g/mol. The number of hydrogen-bond acceptors (Lipinski definition) is 5. The van der Waals surface area contributed by atoms with Crippen LogP contribution in [0.15, 0.2) is 35.7 Å². The second-order valence-corrected chi connectivity index (χ2v) is 4.90. The standard InChI is InChI=1S/C14H13NO5S/c1-19-11-6-7-21-13(11)14(18)15-9-2-4-10(5-3-9)20-8-12(16)17/h2-7H,8H2,1H3,(H,15,18)(H,16,17). The molecule has 1 aromatic carbocycles. The highest BCUT2D eigenvalue weighted by Gasteiger charge is 2.13. The minimum absolute atomic E-state index is 0.263. The van der Waals surface area contributed by atoms with Gasteiger partial charge in [-0.25, -0.2) is 4.79 Å². The van der Waals surface area contributed by atoms with Gasteiger partial charge in [0.15, 0.2) is 6.61 Å². The summed E-state index contributed by atoms with van der Waals surface area (Å²) in [5.74, 6) is -0.360. The van der Waals surface area contributed by atoms with E-state index in [4.69, 9.17) is 14.6 Å². The number of carbonyl (C=O) groups excluding carboxylic acids is 1. The summed E-state index contributed by atoms with van der Waals surface area (Å²) in [6.07, 6.45) is 0. The van der Waals surface area contributed by atoms with Gasteiger partial charge in [0.2, 0.25) is 0 Å². The Morgan fingerprint density at radius 3 is 2.57 bits per heavy atom. The zero-order chi connectivity index (χ0) is 15.2. The van der Waals surface area contributed by atoms with Crippen LogP contribution in [0.4, 0.5) is 5.69 Å². The third-order valence-electron chi connectivity index (χ3n) is 2.53. The maximum absolute atomic E-state index is 12.1. The Bertz CT molecular complexity index is 635. The zero-order valence-corrected chi connectivity index (χ0v) is 12.0. The summed E-state index contributed by atoms with van der Waals surface area (Å²) in [4.78, 5) is 22.9. The Balaban J connectivity index is 2.00. The fourth-order valence-corrected chi connectivity index (χ4v) is 2.34. The first kappa shape index (κ1) is 14.9. The molecule has 0 aliphatic rings. The summed E-state index contributed by atoms with van der Waals surface area (Å²) < 4.78 is 10.1. The lowest BCUT2D eigenvalue weighted by Crippen LogP contribution is -2.11. The number of benzene rings is 1. The predicted molar refractivity (Wildman–Crippen MR) is 78.4 cm³/mol. The second-order valence-electron chi connectivity index (χ2n) is 3.98. The van der Waals surface area contributed by atoms with Crippen molar-refractivity contribution in [1.82, 2.24) is 0 Å². The molecule has 110 valence electrons. The van der Waals surface area contributed by atoms with Gasteiger partial charge in [-0.3, -0.25) is 4.79 Å². The Morgan fingerprint density at radius 2 is 1.95 bits per heavy atom. The second kappa shape index (κ2) is 6.76. The molecule has 0 spiro atoms. The fraction of sp³-hybridized carbons (Fsp3) is 0.143. The van der Waals surface area contributed by atoms with Crippen molar-refractivity contribution < 1.29 is 24.2 Å². The average molecular weight is 307 g/mol. The van der Waals surface area contributed by atoms with Gasteiger partial charge in [0.05, 0.1) is 7.11 Å². The summed E-state index contributed by atoms with van der Waals surface area (Å²) in [6, 6.07) is 8.17. The van der Waals surface area contributed by atoms with Gasteiger partial charge in [0.25, 0.3) is 5.91 Å². The SMILES string of the molecule is COc1ccsc1C(=O)Nc1ccc(OCC(=O)O)cc1. The number of thiophene rings is 1. The Labute approximate surface area is 124 Å². The van der Waals surface area contributed by atoms with Crippen LogP contribution in [0, 0.1) is 0 Å². The third-order valence-corrected chi connectivity index (χ3v) is 3.42. The van der Waals surface area contributed by atoms with E-state index in [0.29, 0.717) is 22.1 Å². The monoisotopic (exact) mass is 307 g/mol. The number of carboxylic acids is 1. The minimum atomic E-state index is -1.04. The molecule has 6 nitrogen and oxygen atoms in total. The van der Waals surface area contributed by atoms with Crippen LogP contribution in [0.25, 0.3) is 0 Å². The summed E-state index contributed by atoms with van der Waals surface area (Å²) in [7, 11) is 1.51. The van der Waals surface area contributed by atoms with E-state index in [0.717, 1.165) is 0 Å². The quantitative estimate of drug-likeness (QED) is 0.856. The van der Waals surface area contributed by atoms with E-state index in [2.05, 4.69) is 5.32 Å². The number of ether oxygens (including phenoxy) is 2. The van der Waals surface area contributed by atoms with Crippen molar-refractivity contribution in [2.24, 2.45) is 0 Å². The van der Waals surface area contributed by atoms with E-state index in [9.17, 15) is 9.59 Å². The molecule has 0 radical (unpaired) electrons. The lowest BCUT2D eigenvalue weighted by atomic mass is 10.3. The molecule has 2 N–H and O–H groups in total. The van der Waals surface area contributed by atoms with Gasteiger partial charge in [-0.2, -0.15) is 0 Å². The van der Waals surface area contributed by atoms with Gasteiger partial charge < -0.3 is 19.9 Å². The molecule has 0 saturated heterocycles. The van der Waals surface area contributed by atoms with Crippen LogP contribution >= 0.6 is 11.3 Å². The maximum Gasteiger partial charge on any atom is 0.341 e. The molecule has 0 aliphatic carbocycles. The van der Waals surface area contributed by atoms with Crippen LogP contribution in [0.2, 0.25) is 0 Å². The van der Waals surface area contributed by atoms with E-state index in [1.54, 1.807) is 35.7 Å². The van der Waals surface area contributed by atoms with Gasteiger partial charge in [-0.15, -0.1) is 11.3 Å². The maximum atomic E-state index is 12.1. The Kier molecular flexibility index (Phi) is 4.78. The normalized spacial score (nSPS) is 9.95. The molecule has 0 bridgehead atoms. The zero-order valence-electron chi connectivity index (χ0n) is 11.2. The van der Waals surface area contributed by atoms with Crippen molar-refractivity contribution in [1.29, 1.82) is 0 Å². The van der Waals surface area contributed by atoms with Gasteiger partial charge in [0.1, 0.15) is 16.4 Å². The number of aliphatic carboxylic acids is 1. The number of carbonyl (C=O) groups is 2. The number of rotatable bonds is 6. The number of nitrogens with one attached hydrogen (secondary N) is 1. The van der Waals surface area contributed by atoms with Gasteiger partial charge in [-0.1, -0.05) is 0 Å². The fourth-order valence-electron chi connectivity index (χ4n) is 1.59. The number of methoxy groups -OCH3 is 1. The summed E-state index contributed by atoms with van der Waals surface area (Å²) in [6.45, 7) is -0.405. The van der Waals surface area contributed by atoms with Crippen molar-refractivity contribution in [2.45, 2.75) is 0 Å². The molecule has 1 amide bonds. The average Bonchev–Trinajstić information content (AvgIpc) is 2.95. The largest absolute Gasteiger partial charge is 0.495 e. The van der Waals surface area contributed by atoms with Crippen molar-refractivity contribution >= 4 is 28.9 Å². The third kappa shape index (κ3) is 3.96. The first-order chi connectivity index (χ1) is 10.1. The van der Waals surface area contributed by atoms with Gasteiger partial charge in [0, 0.05) is 5.69 Å². The highest BCUT2D eigenvalue weighted by molar-refractivity contribution is 7.12. The van der Waals surface area contributed by atoms with Crippen LogP contribution in [0.3, 0.4) is 0 Å². The Hall–Kier alpha value is -2.54. The summed E-state index contributed by atoms with van der Waals surface area (Å²) >= 11 is 1.29. The van der Waals surface area contributed by atoms with Crippen molar-refractivity contribution in [3.05, 3.63) is 40.6 Å². The number of anilines is 1. The molecule has 0 saturated carbocycles. The highest BCUT2D eigenvalue weighted by atomic mass is 32.1. The van der Waals surface area contributed by atoms with Crippen molar-refractivity contribution in [3.63, 3.8) is 0 Å². The van der Waals surface area contributed by atoms with Gasteiger partial charge in [-0.05, 0) is 35.7 Å². The molecule has 7 heteroatoms. The molecule has 2 rings (SSSR count). The van der Waals surface area contributed by atoms with E-state index in [-0.39, 0.29) is 5.91 Å². The van der Waals surface area contributed by atoms with E-state index in [1.165, 1.54) is 18.4 Å². The molecule has 21 heavy (non-hydrogen) atoms. The lowest BCUT2D eigenvalue weighted by molar-refractivity contribution is -0.139. The Morgan fingerprint density at radius 1 is 1.24 bits per heavy atom. The molecule has 0 aliphatic heterocycles. The van der Waals surface area contributed by atoms with Crippen LogP contribution in [0.5, 0.6) is 11.5 Å². The number of hydrogen-bond donors (Lipinski definition) is 2. The molecule has 1 heterocycles. The molecule has 2 aromatic rings. The van der Waals surface area contributed by atoms with Crippen molar-refractivity contribution in [3.8, 4) is 11.5 Å². The lowest BCUT2D eigenvalue weighted by Gasteiger charge is -2.07. The van der Waals surface area contributed by atoms with E-state index in [1.807, 2.05) is 0 Å². The topological polar surface area (TPSA) is 84.9 Å². The van der Waals surface area contributed by atoms with Crippen LogP contribution in [-0.2, 0) is 4.79 Å². The molecule has 0 fully saturated rings. The summed E-state index contributed by atoms with van der Waals surface area (Å²) in [5, 5.41) is 13.0. The minimum Gasteiger partial charge on any atom is -0.495 e. The first-order valence-corrected chi connectivity index (χ1v) is 6.85. The smallest absolute Gasteiger partial charge is 0.341 e. The molecule has 0 atom stereocenters. The molecule has 0 unspecified atom stereocenters. The highest BCUT2D eigenvalue weighted by Crippen LogP contribution is 2.25. The number of carboxylic acid groups (broad SMARTS) is 1. The van der Waals surface area contributed by atoms with Crippen molar-refractivity contribution in [2.75, 3.05) is 19.0 Å². The van der Waals surface area contributed by atoms with E-state index >= 15 is 0 Å². The van der Waals surface area contributed by atoms with Crippen LogP contribution in [0.1, 0.15) is 9.67 Å². The van der Waals surface area contributed by atoms with Gasteiger partial charge >= 0.3 is 5.97 Å². The van der Waals surface area contributed by atoms with Crippen LogP contribution < -0.4 is 14.8 Å².